The van der Waals surface area contributed by atoms with E-state index >= 15 is 4.39 Å². The van der Waals surface area contributed by atoms with Crippen molar-refractivity contribution in [2.45, 2.75) is 137 Å². The largest absolute Gasteiger partial charge is 0.352 e. The summed E-state index contributed by atoms with van der Waals surface area (Å²) in [4.78, 5) is 88.0. The third kappa shape index (κ3) is 7.51. The third-order valence-corrected chi connectivity index (χ3v) is 17.4. The van der Waals surface area contributed by atoms with Gasteiger partial charge in [0.25, 0.3) is 0 Å². The molecule has 6 aliphatic rings. The first-order chi connectivity index (χ1) is 32.1. The number of likely N-dealkylation sites (tertiary alicyclic amines) is 1. The maximum atomic E-state index is 16.8. The Balaban J connectivity index is 0.831. The molecule has 2 aliphatic carbocycles. The van der Waals surface area contributed by atoms with E-state index in [4.69, 9.17) is 11.6 Å². The number of carbonyl (C=O) groups is 5. The molecule has 354 valence electrons. The summed E-state index contributed by atoms with van der Waals surface area (Å²) in [6, 6.07) is 11.0. The molecule has 4 aliphatic heterocycles. The molecule has 2 aromatic heterocycles. The van der Waals surface area contributed by atoms with Crippen molar-refractivity contribution in [3.8, 4) is 0 Å². The Morgan fingerprint density at radius 2 is 1.63 bits per heavy atom. The van der Waals surface area contributed by atoms with Crippen LogP contribution < -0.4 is 27.0 Å². The first-order valence-corrected chi connectivity index (χ1v) is 25.4. The van der Waals surface area contributed by atoms with Crippen LogP contribution in [0.4, 0.5) is 10.1 Å². The number of amides is 5. The number of rotatable bonds is 7. The van der Waals surface area contributed by atoms with Crippen molar-refractivity contribution in [2.75, 3.05) is 24.7 Å². The van der Waals surface area contributed by atoms with Crippen LogP contribution in [-0.4, -0.2) is 85.5 Å². The lowest BCUT2D eigenvalue weighted by atomic mass is 9.53. The number of carbonyl (C=O) groups excluding carboxylic acids is 5. The summed E-state index contributed by atoms with van der Waals surface area (Å²) in [5.74, 6) is -2.63. The molecule has 10 rings (SSSR count). The van der Waals surface area contributed by atoms with Gasteiger partial charge in [0.2, 0.25) is 29.5 Å². The normalized spacial score (nSPS) is 28.2. The van der Waals surface area contributed by atoms with Gasteiger partial charge in [-0.15, -0.1) is 11.8 Å². The molecule has 3 saturated heterocycles. The maximum absolute atomic E-state index is 16.8. The number of piperidine rings is 2. The van der Waals surface area contributed by atoms with Gasteiger partial charge >= 0.3 is 5.69 Å². The molecule has 2 aromatic carbocycles. The molecule has 4 atom stereocenters. The van der Waals surface area contributed by atoms with Gasteiger partial charge in [0.15, 0.2) is 5.82 Å². The first-order valence-electron chi connectivity index (χ1n) is 23.8. The molecule has 0 radical (unpaired) electrons. The minimum Gasteiger partial charge on any atom is -0.352 e. The monoisotopic (exact) mass is 952 g/mol. The third-order valence-electron chi connectivity index (χ3n) is 16.5. The molecule has 67 heavy (non-hydrogen) atoms. The number of aryl methyl sites for hydroxylation is 1. The predicted molar refractivity (Wildman–Crippen MR) is 253 cm³/mol. The molecule has 4 N–H and O–H groups in total. The van der Waals surface area contributed by atoms with E-state index in [0.29, 0.717) is 73.4 Å². The number of hydrogen-bond donors (Lipinski definition) is 4. The van der Waals surface area contributed by atoms with Gasteiger partial charge in [-0.2, -0.15) is 0 Å². The molecule has 5 fully saturated rings. The van der Waals surface area contributed by atoms with E-state index in [-0.39, 0.29) is 76.0 Å². The fraction of sp³-hybridized carbons (Fsp3) is 0.540. The summed E-state index contributed by atoms with van der Waals surface area (Å²) in [6.07, 6.45) is 10.6. The van der Waals surface area contributed by atoms with Crippen molar-refractivity contribution in [3.63, 3.8) is 0 Å². The van der Waals surface area contributed by atoms with Gasteiger partial charge in [-0.3, -0.25) is 43.7 Å². The summed E-state index contributed by atoms with van der Waals surface area (Å²) < 4.78 is 19.8. The number of pyridine rings is 1. The van der Waals surface area contributed by atoms with Crippen molar-refractivity contribution in [1.29, 1.82) is 0 Å². The number of aromatic nitrogens is 3. The minimum atomic E-state index is -1.32. The van der Waals surface area contributed by atoms with Gasteiger partial charge in [-0.25, -0.2) is 14.2 Å². The molecule has 2 saturated carbocycles. The van der Waals surface area contributed by atoms with E-state index in [0.717, 1.165) is 36.8 Å². The van der Waals surface area contributed by atoms with Crippen molar-refractivity contribution in [1.82, 2.24) is 35.0 Å². The van der Waals surface area contributed by atoms with Gasteiger partial charge < -0.3 is 15.5 Å². The molecular formula is C50H58ClFN8O6S. The number of benzene rings is 2. The zero-order chi connectivity index (χ0) is 47.2. The van der Waals surface area contributed by atoms with Crippen LogP contribution >= 0.6 is 23.4 Å². The molecule has 17 heteroatoms. The molecule has 4 aromatic rings. The van der Waals surface area contributed by atoms with Gasteiger partial charge in [-0.05, 0) is 135 Å². The lowest BCUT2D eigenvalue weighted by molar-refractivity contribution is -0.138. The van der Waals surface area contributed by atoms with Gasteiger partial charge in [0.1, 0.15) is 16.5 Å². The van der Waals surface area contributed by atoms with Crippen LogP contribution in [0.2, 0.25) is 5.02 Å². The van der Waals surface area contributed by atoms with Crippen LogP contribution in [0.1, 0.15) is 125 Å². The highest BCUT2D eigenvalue weighted by atomic mass is 35.5. The van der Waals surface area contributed by atoms with Crippen molar-refractivity contribution < 1.29 is 28.4 Å². The standard InChI is InChI=1S/C50H58ClFN8O6S/c1-48(2)18-20-49(21-19-48)50(33-11-8-30(51)26-34(33)55-46(50)65)39(32-15-22-53-44(67-4)40(32)52)41(57-49)43(63)54-31-9-5-28(6-10-31)45(64)59-23-16-27(17-24-59)29-7-12-35-37(25-29)58(3)47(66)60(35)36-13-14-38(61)56-42(36)62/h7-8,11-12,15,22,25-28,31,36,39,41,57H,5-6,9-10,13-14,16-21,23-24H2,1-4H3,(H,54,63)(H,55,65)(H,56,61,62)/t28?,31?,36?,39-,41+,50+/m0/s1. The summed E-state index contributed by atoms with van der Waals surface area (Å²) in [5.41, 5.74) is 1.56. The zero-order valence-corrected chi connectivity index (χ0v) is 40.0. The Labute approximate surface area is 397 Å². The number of thioether (sulfide) groups is 1. The lowest BCUT2D eigenvalue weighted by Crippen LogP contribution is -2.61. The summed E-state index contributed by atoms with van der Waals surface area (Å²) in [6.45, 7) is 5.67. The van der Waals surface area contributed by atoms with Crippen molar-refractivity contribution >= 4 is 69.6 Å². The maximum Gasteiger partial charge on any atom is 0.329 e. The fourth-order valence-corrected chi connectivity index (χ4v) is 13.4. The molecule has 5 amide bonds. The molecular weight excluding hydrogens is 895 g/mol. The molecule has 0 bridgehead atoms. The van der Waals surface area contributed by atoms with E-state index < -0.39 is 40.7 Å². The minimum absolute atomic E-state index is 0.0228. The van der Waals surface area contributed by atoms with E-state index in [2.05, 4.69) is 40.1 Å². The van der Waals surface area contributed by atoms with Crippen LogP contribution in [0.3, 0.4) is 0 Å². The smallest absolute Gasteiger partial charge is 0.329 e. The number of imide groups is 1. The Morgan fingerprint density at radius 3 is 2.33 bits per heavy atom. The second-order valence-corrected chi connectivity index (χ2v) is 21.8. The number of imidazole rings is 1. The molecule has 6 heterocycles. The van der Waals surface area contributed by atoms with Crippen LogP contribution in [0.25, 0.3) is 11.0 Å². The molecule has 1 unspecified atom stereocenters. The summed E-state index contributed by atoms with van der Waals surface area (Å²) >= 11 is 7.67. The van der Waals surface area contributed by atoms with Crippen molar-refractivity contribution in [2.24, 2.45) is 18.4 Å². The van der Waals surface area contributed by atoms with Crippen LogP contribution in [0.5, 0.6) is 0 Å². The highest BCUT2D eigenvalue weighted by Gasteiger charge is 2.73. The van der Waals surface area contributed by atoms with E-state index in [1.807, 2.05) is 29.2 Å². The van der Waals surface area contributed by atoms with Gasteiger partial charge in [0.05, 0.1) is 17.1 Å². The van der Waals surface area contributed by atoms with E-state index in [1.165, 1.54) is 16.3 Å². The number of halogens is 2. The van der Waals surface area contributed by atoms with Crippen molar-refractivity contribution in [3.05, 3.63) is 86.7 Å². The lowest BCUT2D eigenvalue weighted by Gasteiger charge is -2.50. The van der Waals surface area contributed by atoms with Gasteiger partial charge in [0, 0.05) is 66.9 Å². The predicted octanol–water partition coefficient (Wildman–Crippen LogP) is 6.59. The Morgan fingerprint density at radius 1 is 0.896 bits per heavy atom. The highest BCUT2D eigenvalue weighted by molar-refractivity contribution is 7.98. The average molecular weight is 954 g/mol. The van der Waals surface area contributed by atoms with E-state index in [9.17, 15) is 28.8 Å². The highest BCUT2D eigenvalue weighted by Crippen LogP contribution is 2.64. The second-order valence-electron chi connectivity index (χ2n) is 20.6. The quantitative estimate of drug-likeness (QED) is 0.118. The van der Waals surface area contributed by atoms with Gasteiger partial charge in [-0.1, -0.05) is 37.6 Å². The van der Waals surface area contributed by atoms with E-state index in [1.54, 1.807) is 42.3 Å². The number of fused-ring (bicyclic) bond motifs is 4. The van der Waals surface area contributed by atoms with Crippen LogP contribution in [-0.2, 0) is 36.4 Å². The topological polar surface area (TPSA) is 177 Å². The Kier molecular flexibility index (Phi) is 11.7. The number of nitrogens with one attached hydrogen (secondary N) is 4. The number of hydrogen-bond acceptors (Lipinski definition) is 9. The van der Waals surface area contributed by atoms with Crippen LogP contribution in [0.15, 0.2) is 58.5 Å². The Hall–Kier alpha value is -5.06. The van der Waals surface area contributed by atoms with Crippen LogP contribution in [0, 0.1) is 17.2 Å². The molecule has 14 nitrogen and oxygen atoms in total. The average Bonchev–Trinajstić information content (AvgIpc) is 3.87. The zero-order valence-electron chi connectivity index (χ0n) is 38.4. The SMILES string of the molecule is CSc1nccc([C@H]2[C@H](C(=O)NC3CCC(C(=O)N4CCC(c5ccc6c(c5)n(C)c(=O)n6C5CCC(=O)NC5=O)CC4)CC3)NC3(CCC(C)(C)CC3)[C@@]23C(=O)Nc2cc(Cl)ccc23)c1F. The molecule has 2 spiro atoms. The number of anilines is 1. The fourth-order valence-electron chi connectivity index (χ4n) is 12.8. The summed E-state index contributed by atoms with van der Waals surface area (Å²) in [7, 11) is 1.69. The first kappa shape index (κ1) is 45.7. The second kappa shape index (κ2) is 17.2. The Bertz CT molecular complexity index is 2770. The summed E-state index contributed by atoms with van der Waals surface area (Å²) in [5, 5.41) is 13.3. The number of nitrogens with zero attached hydrogens (tertiary/aromatic N) is 4.